The minimum atomic E-state index is 0.606. The predicted octanol–water partition coefficient (Wildman–Crippen LogP) is 2.60. The highest BCUT2D eigenvalue weighted by Gasteiger charge is 2.42. The van der Waals surface area contributed by atoms with Crippen molar-refractivity contribution in [3.8, 4) is 0 Å². The summed E-state index contributed by atoms with van der Waals surface area (Å²) in [4.78, 5) is 4.53. The molecule has 3 aliphatic carbocycles. The lowest BCUT2D eigenvalue weighted by Crippen LogP contribution is -2.25. The number of rotatable bonds is 5. The number of fused-ring (bicyclic) bond motifs is 1. The van der Waals surface area contributed by atoms with Crippen LogP contribution >= 0.6 is 0 Å². The third kappa shape index (κ3) is 1.79. The van der Waals surface area contributed by atoms with Gasteiger partial charge in [0, 0.05) is 24.4 Å². The molecule has 0 bridgehead atoms. The molecule has 104 valence electrons. The van der Waals surface area contributed by atoms with Crippen LogP contribution in [0.2, 0.25) is 0 Å². The second-order valence-electron chi connectivity index (χ2n) is 6.65. The van der Waals surface area contributed by atoms with Gasteiger partial charge in [-0.1, -0.05) is 0 Å². The number of nitrogens with one attached hydrogen (secondary N) is 1. The Morgan fingerprint density at radius 2 is 1.80 bits per heavy atom. The van der Waals surface area contributed by atoms with E-state index in [0.29, 0.717) is 12.0 Å². The largest absolute Gasteiger partial charge is 0.364 e. The second kappa shape index (κ2) is 3.93. The average Bonchev–Trinajstić information content (AvgIpc) is 3.34. The lowest BCUT2D eigenvalue weighted by Gasteiger charge is -2.18. The summed E-state index contributed by atoms with van der Waals surface area (Å²) in [6.07, 6.45) is 11.9. The van der Waals surface area contributed by atoms with Crippen molar-refractivity contribution in [2.45, 2.75) is 50.5 Å². The molecule has 5 rings (SSSR count). The van der Waals surface area contributed by atoms with E-state index in [4.69, 9.17) is 0 Å². The van der Waals surface area contributed by atoms with E-state index < -0.39 is 0 Å². The molecule has 3 fully saturated rings. The maximum absolute atomic E-state index is 4.53. The average molecular weight is 269 g/mol. The Balaban J connectivity index is 1.51. The van der Waals surface area contributed by atoms with Crippen LogP contribution in [0.15, 0.2) is 12.4 Å². The molecule has 2 aromatic rings. The molecule has 0 unspecified atom stereocenters. The van der Waals surface area contributed by atoms with E-state index in [2.05, 4.69) is 24.9 Å². The molecule has 2 heterocycles. The van der Waals surface area contributed by atoms with Crippen LogP contribution in [-0.2, 0) is 0 Å². The molecule has 3 saturated carbocycles. The molecule has 0 amide bonds. The third-order valence-electron chi connectivity index (χ3n) is 4.86. The summed E-state index contributed by atoms with van der Waals surface area (Å²) in [5.41, 5.74) is 0.903. The Morgan fingerprint density at radius 1 is 1.05 bits per heavy atom. The summed E-state index contributed by atoms with van der Waals surface area (Å²) in [7, 11) is 0. The Morgan fingerprint density at radius 3 is 2.45 bits per heavy atom. The highest BCUT2D eigenvalue weighted by atomic mass is 15.3. The van der Waals surface area contributed by atoms with Crippen molar-refractivity contribution < 1.29 is 0 Å². The van der Waals surface area contributed by atoms with Crippen LogP contribution in [-0.4, -0.2) is 25.6 Å². The molecular weight excluding hydrogens is 250 g/mol. The van der Waals surface area contributed by atoms with Crippen molar-refractivity contribution in [2.75, 3.05) is 5.32 Å². The summed E-state index contributed by atoms with van der Waals surface area (Å²) in [5.74, 6) is 4.37. The normalized spacial score (nSPS) is 22.6. The van der Waals surface area contributed by atoms with Crippen LogP contribution in [0.25, 0.3) is 5.65 Å². The molecule has 3 aliphatic rings. The first-order valence-corrected chi connectivity index (χ1v) is 7.86. The molecule has 0 aromatic carbocycles. The number of nitrogens with zero attached hydrogens (tertiary/aromatic N) is 4. The molecule has 0 spiro atoms. The quantitative estimate of drug-likeness (QED) is 0.906. The van der Waals surface area contributed by atoms with Crippen LogP contribution in [0.4, 0.5) is 5.82 Å². The monoisotopic (exact) mass is 269 g/mol. The summed E-state index contributed by atoms with van der Waals surface area (Å²) >= 11 is 0. The maximum atomic E-state index is 4.53. The van der Waals surface area contributed by atoms with E-state index in [1.165, 1.54) is 38.5 Å². The first kappa shape index (κ1) is 11.1. The van der Waals surface area contributed by atoms with Gasteiger partial charge in [0.1, 0.15) is 5.82 Å². The molecule has 0 aliphatic heterocycles. The molecule has 0 atom stereocenters. The Bertz CT molecular complexity index is 639. The molecular formula is C15H19N5. The first-order chi connectivity index (χ1) is 9.90. The van der Waals surface area contributed by atoms with Crippen molar-refractivity contribution in [3.63, 3.8) is 0 Å². The second-order valence-corrected chi connectivity index (χ2v) is 6.65. The molecule has 0 radical (unpaired) electrons. The zero-order chi connectivity index (χ0) is 13.1. The fourth-order valence-corrected chi connectivity index (χ4v) is 3.25. The SMILES string of the molecule is c1cn2c(C3CC3)nnc2c(NC(C2CC2)C2CC2)n1. The highest BCUT2D eigenvalue weighted by Crippen LogP contribution is 2.46. The van der Waals surface area contributed by atoms with Gasteiger partial charge in [-0.05, 0) is 50.4 Å². The number of aromatic nitrogens is 4. The Labute approximate surface area is 117 Å². The van der Waals surface area contributed by atoms with Gasteiger partial charge >= 0.3 is 0 Å². The van der Waals surface area contributed by atoms with E-state index in [1.807, 2.05) is 12.4 Å². The minimum Gasteiger partial charge on any atom is -0.364 e. The molecule has 5 heteroatoms. The number of hydrogen-bond acceptors (Lipinski definition) is 4. The number of anilines is 1. The van der Waals surface area contributed by atoms with Crippen LogP contribution < -0.4 is 5.32 Å². The summed E-state index contributed by atoms with van der Waals surface area (Å²) < 4.78 is 2.13. The molecule has 1 N–H and O–H groups in total. The van der Waals surface area contributed by atoms with Crippen LogP contribution in [0.1, 0.15) is 50.3 Å². The Kier molecular flexibility index (Phi) is 2.17. The fraction of sp³-hybridized carbons (Fsp3) is 0.667. The van der Waals surface area contributed by atoms with Gasteiger partial charge < -0.3 is 5.32 Å². The van der Waals surface area contributed by atoms with Crippen molar-refractivity contribution >= 4 is 11.5 Å². The van der Waals surface area contributed by atoms with Gasteiger partial charge in [0.2, 0.25) is 5.65 Å². The van der Waals surface area contributed by atoms with E-state index in [-0.39, 0.29) is 0 Å². The van der Waals surface area contributed by atoms with E-state index in [0.717, 1.165) is 29.1 Å². The van der Waals surface area contributed by atoms with Crippen molar-refractivity contribution in [1.82, 2.24) is 19.6 Å². The van der Waals surface area contributed by atoms with Gasteiger partial charge in [0.15, 0.2) is 5.82 Å². The van der Waals surface area contributed by atoms with Gasteiger partial charge in [-0.15, -0.1) is 10.2 Å². The summed E-state index contributed by atoms with van der Waals surface area (Å²) in [6.45, 7) is 0. The van der Waals surface area contributed by atoms with Gasteiger partial charge in [-0.25, -0.2) is 4.98 Å². The topological polar surface area (TPSA) is 55.1 Å². The van der Waals surface area contributed by atoms with E-state index in [9.17, 15) is 0 Å². The number of hydrogen-bond donors (Lipinski definition) is 1. The van der Waals surface area contributed by atoms with Gasteiger partial charge in [-0.3, -0.25) is 4.40 Å². The van der Waals surface area contributed by atoms with Gasteiger partial charge in [0.25, 0.3) is 0 Å². The Hall–Kier alpha value is -1.65. The standard InChI is InChI=1S/C15H19N5/c1-2-9(1)12(10-3-4-10)17-13-15-19-18-14(11-5-6-11)20(15)8-7-16-13/h7-12H,1-6H2,(H,16,17). The minimum absolute atomic E-state index is 0.606. The zero-order valence-electron chi connectivity index (χ0n) is 11.5. The predicted molar refractivity (Wildman–Crippen MR) is 75.6 cm³/mol. The lowest BCUT2D eigenvalue weighted by molar-refractivity contribution is 0.566. The smallest absolute Gasteiger partial charge is 0.203 e. The summed E-state index contributed by atoms with van der Waals surface area (Å²) in [5, 5.41) is 12.4. The third-order valence-corrected chi connectivity index (χ3v) is 4.86. The van der Waals surface area contributed by atoms with E-state index in [1.54, 1.807) is 0 Å². The van der Waals surface area contributed by atoms with Gasteiger partial charge in [-0.2, -0.15) is 0 Å². The van der Waals surface area contributed by atoms with Crippen molar-refractivity contribution in [2.24, 2.45) is 11.8 Å². The highest BCUT2D eigenvalue weighted by molar-refractivity contribution is 5.63. The maximum Gasteiger partial charge on any atom is 0.203 e. The van der Waals surface area contributed by atoms with E-state index >= 15 is 0 Å². The van der Waals surface area contributed by atoms with Crippen LogP contribution in [0, 0.1) is 11.8 Å². The zero-order valence-corrected chi connectivity index (χ0v) is 11.5. The molecule has 0 saturated heterocycles. The molecule has 2 aromatic heterocycles. The van der Waals surface area contributed by atoms with Crippen molar-refractivity contribution in [1.29, 1.82) is 0 Å². The molecule has 20 heavy (non-hydrogen) atoms. The molecule has 5 nitrogen and oxygen atoms in total. The van der Waals surface area contributed by atoms with Crippen molar-refractivity contribution in [3.05, 3.63) is 18.2 Å². The van der Waals surface area contributed by atoms with Crippen LogP contribution in [0.5, 0.6) is 0 Å². The lowest BCUT2D eigenvalue weighted by atomic mass is 10.1. The van der Waals surface area contributed by atoms with Crippen LogP contribution in [0.3, 0.4) is 0 Å². The first-order valence-electron chi connectivity index (χ1n) is 7.86. The summed E-state index contributed by atoms with van der Waals surface area (Å²) in [6, 6.07) is 0.606. The van der Waals surface area contributed by atoms with Gasteiger partial charge in [0.05, 0.1) is 0 Å². The fourth-order valence-electron chi connectivity index (χ4n) is 3.25.